The van der Waals surface area contributed by atoms with Crippen LogP contribution in [0.5, 0.6) is 0 Å². The van der Waals surface area contributed by atoms with Gasteiger partial charge < -0.3 is 5.32 Å². The number of rotatable bonds is 4. The zero-order valence-electron chi connectivity index (χ0n) is 20.0. The lowest BCUT2D eigenvalue weighted by Gasteiger charge is -2.21. The summed E-state index contributed by atoms with van der Waals surface area (Å²) in [6, 6.07) is 9.49. The van der Waals surface area contributed by atoms with Gasteiger partial charge in [0.1, 0.15) is 0 Å². The molecule has 33 heavy (non-hydrogen) atoms. The Bertz CT molecular complexity index is 1120. The topological polar surface area (TPSA) is 71.8 Å². The molecular formula is C25H32ClN5OS. The summed E-state index contributed by atoms with van der Waals surface area (Å²) in [5, 5.41) is 14.8. The van der Waals surface area contributed by atoms with Gasteiger partial charge in [0.25, 0.3) is 0 Å². The van der Waals surface area contributed by atoms with E-state index in [2.05, 4.69) is 63.2 Å². The van der Waals surface area contributed by atoms with Crippen molar-refractivity contribution in [3.05, 3.63) is 63.9 Å². The molecule has 1 aromatic carbocycles. The molecule has 2 aromatic heterocycles. The Balaban J connectivity index is 1.57. The molecule has 0 radical (unpaired) electrons. The zero-order valence-corrected chi connectivity index (χ0v) is 21.6. The SMILES string of the molecule is CC(C)(C)c1csc(NC(=O)[C@@H]2C[C@H](c3ccn(C(C)(C)C)n3)[C@H](c3ccc(Cl)cc3)N2)n1. The summed E-state index contributed by atoms with van der Waals surface area (Å²) in [6.07, 6.45) is 2.67. The van der Waals surface area contributed by atoms with Gasteiger partial charge in [0.15, 0.2) is 5.13 Å². The number of aromatic nitrogens is 3. The van der Waals surface area contributed by atoms with Crippen LogP contribution in [0.3, 0.4) is 0 Å². The fourth-order valence-corrected chi connectivity index (χ4v) is 5.11. The van der Waals surface area contributed by atoms with Gasteiger partial charge in [-0.2, -0.15) is 5.10 Å². The van der Waals surface area contributed by atoms with Gasteiger partial charge in [-0.25, -0.2) is 4.98 Å². The first kappa shape index (κ1) is 23.9. The number of nitrogens with zero attached hydrogens (tertiary/aromatic N) is 3. The maximum absolute atomic E-state index is 13.2. The molecule has 3 aromatic rings. The highest BCUT2D eigenvalue weighted by Crippen LogP contribution is 2.40. The lowest BCUT2D eigenvalue weighted by Crippen LogP contribution is -2.36. The minimum atomic E-state index is -0.350. The van der Waals surface area contributed by atoms with E-state index < -0.39 is 0 Å². The molecule has 0 saturated carbocycles. The summed E-state index contributed by atoms with van der Waals surface area (Å²) in [5.41, 5.74) is 2.90. The Labute approximate surface area is 204 Å². The van der Waals surface area contributed by atoms with Crippen LogP contribution >= 0.6 is 22.9 Å². The Morgan fingerprint density at radius 1 is 1.15 bits per heavy atom. The number of anilines is 1. The molecule has 1 saturated heterocycles. The summed E-state index contributed by atoms with van der Waals surface area (Å²) in [7, 11) is 0. The zero-order chi connectivity index (χ0) is 24.0. The molecule has 4 rings (SSSR count). The number of halogens is 1. The van der Waals surface area contributed by atoms with E-state index in [9.17, 15) is 4.79 Å². The molecule has 1 aliphatic heterocycles. The number of hydrogen-bond acceptors (Lipinski definition) is 5. The predicted molar refractivity (Wildman–Crippen MR) is 135 cm³/mol. The highest BCUT2D eigenvalue weighted by molar-refractivity contribution is 7.14. The van der Waals surface area contributed by atoms with Gasteiger partial charge in [0.2, 0.25) is 5.91 Å². The van der Waals surface area contributed by atoms with Crippen LogP contribution in [0.2, 0.25) is 5.02 Å². The Morgan fingerprint density at radius 2 is 1.85 bits per heavy atom. The summed E-state index contributed by atoms with van der Waals surface area (Å²) in [4.78, 5) is 17.8. The Kier molecular flexibility index (Phi) is 6.42. The largest absolute Gasteiger partial charge is 0.301 e. The molecule has 3 heterocycles. The van der Waals surface area contributed by atoms with Crippen LogP contribution in [0.15, 0.2) is 41.9 Å². The smallest absolute Gasteiger partial charge is 0.243 e. The molecule has 1 aliphatic rings. The number of nitrogens with one attached hydrogen (secondary N) is 2. The lowest BCUT2D eigenvalue weighted by molar-refractivity contribution is -0.117. The minimum absolute atomic E-state index is 0.0391. The van der Waals surface area contributed by atoms with Crippen molar-refractivity contribution in [2.75, 3.05) is 5.32 Å². The van der Waals surface area contributed by atoms with Gasteiger partial charge in [-0.15, -0.1) is 11.3 Å². The molecule has 8 heteroatoms. The van der Waals surface area contributed by atoms with Crippen LogP contribution in [0.1, 0.15) is 76.9 Å². The van der Waals surface area contributed by atoms with E-state index in [0.717, 1.165) is 17.0 Å². The number of hydrogen-bond donors (Lipinski definition) is 2. The van der Waals surface area contributed by atoms with Crippen molar-refractivity contribution in [3.8, 4) is 0 Å². The van der Waals surface area contributed by atoms with E-state index in [0.29, 0.717) is 16.6 Å². The molecule has 1 amide bonds. The van der Waals surface area contributed by atoms with Crippen molar-refractivity contribution in [2.45, 2.75) is 76.9 Å². The molecule has 6 nitrogen and oxygen atoms in total. The molecule has 1 fully saturated rings. The number of carbonyl (C=O) groups excluding carboxylic acids is 1. The second kappa shape index (κ2) is 8.85. The van der Waals surface area contributed by atoms with Crippen molar-refractivity contribution in [2.24, 2.45) is 0 Å². The van der Waals surface area contributed by atoms with E-state index in [1.807, 2.05) is 40.5 Å². The van der Waals surface area contributed by atoms with E-state index in [1.165, 1.54) is 11.3 Å². The quantitative estimate of drug-likeness (QED) is 0.484. The van der Waals surface area contributed by atoms with Crippen molar-refractivity contribution < 1.29 is 4.79 Å². The Hall–Kier alpha value is -2.22. The first-order chi connectivity index (χ1) is 15.4. The van der Waals surface area contributed by atoms with E-state index in [-0.39, 0.29) is 34.9 Å². The average molecular weight is 486 g/mol. The van der Waals surface area contributed by atoms with Crippen molar-refractivity contribution in [3.63, 3.8) is 0 Å². The van der Waals surface area contributed by atoms with E-state index in [4.69, 9.17) is 16.7 Å². The second-order valence-electron chi connectivity index (χ2n) is 10.7. The highest BCUT2D eigenvalue weighted by atomic mass is 35.5. The van der Waals surface area contributed by atoms with Gasteiger partial charge in [0.05, 0.1) is 23.0 Å². The normalized spacial score (nSPS) is 21.4. The van der Waals surface area contributed by atoms with Crippen molar-refractivity contribution in [1.82, 2.24) is 20.1 Å². The monoisotopic (exact) mass is 485 g/mol. The van der Waals surface area contributed by atoms with Crippen LogP contribution in [0, 0.1) is 0 Å². The summed E-state index contributed by atoms with van der Waals surface area (Å²) < 4.78 is 1.98. The summed E-state index contributed by atoms with van der Waals surface area (Å²) in [6.45, 7) is 12.7. The third-order valence-electron chi connectivity index (χ3n) is 6.00. The molecule has 0 unspecified atom stereocenters. The lowest BCUT2D eigenvalue weighted by atomic mass is 9.90. The number of amides is 1. The fourth-order valence-electron chi connectivity index (χ4n) is 4.04. The third kappa shape index (κ3) is 5.31. The van der Waals surface area contributed by atoms with Crippen molar-refractivity contribution >= 4 is 34.0 Å². The first-order valence-corrected chi connectivity index (χ1v) is 12.5. The van der Waals surface area contributed by atoms with E-state index >= 15 is 0 Å². The van der Waals surface area contributed by atoms with Crippen LogP contribution in [-0.4, -0.2) is 26.7 Å². The highest BCUT2D eigenvalue weighted by Gasteiger charge is 2.40. The van der Waals surface area contributed by atoms with Gasteiger partial charge in [-0.3, -0.25) is 14.8 Å². The minimum Gasteiger partial charge on any atom is -0.301 e. The molecule has 0 aliphatic carbocycles. The standard InChI is InChI=1S/C25H32ClN5OS/c1-24(2,3)20-14-33-23(28-20)29-22(32)19-13-17(18-11-12-31(30-18)25(4,5)6)21(27-19)15-7-9-16(26)10-8-15/h7-12,14,17,19,21,27H,13H2,1-6H3,(H,28,29,32)/t17-,19+,21+/m1/s1. The molecule has 176 valence electrons. The van der Waals surface area contributed by atoms with Gasteiger partial charge >= 0.3 is 0 Å². The third-order valence-corrected chi connectivity index (χ3v) is 7.01. The van der Waals surface area contributed by atoms with Crippen LogP contribution in [-0.2, 0) is 15.7 Å². The predicted octanol–water partition coefficient (Wildman–Crippen LogP) is 5.87. The molecule has 3 atom stereocenters. The van der Waals surface area contributed by atoms with E-state index in [1.54, 1.807) is 0 Å². The molecule has 2 N–H and O–H groups in total. The Morgan fingerprint density at radius 3 is 2.42 bits per heavy atom. The number of carbonyl (C=O) groups is 1. The maximum atomic E-state index is 13.2. The van der Waals surface area contributed by atoms with Gasteiger partial charge in [0, 0.05) is 34.0 Å². The fraction of sp³-hybridized carbons (Fsp3) is 0.480. The average Bonchev–Trinajstić information content (AvgIpc) is 3.46. The maximum Gasteiger partial charge on any atom is 0.243 e. The molecule has 0 bridgehead atoms. The number of thiazole rings is 1. The van der Waals surface area contributed by atoms with Crippen LogP contribution in [0.4, 0.5) is 5.13 Å². The van der Waals surface area contributed by atoms with Gasteiger partial charge in [-0.1, -0.05) is 44.5 Å². The molecular weight excluding hydrogens is 454 g/mol. The number of benzene rings is 1. The van der Waals surface area contributed by atoms with Crippen molar-refractivity contribution in [1.29, 1.82) is 0 Å². The summed E-state index contributed by atoms with van der Waals surface area (Å²) in [5.74, 6) is -0.00603. The van der Waals surface area contributed by atoms with Crippen LogP contribution in [0.25, 0.3) is 0 Å². The van der Waals surface area contributed by atoms with Gasteiger partial charge in [-0.05, 0) is 51.0 Å². The summed E-state index contributed by atoms with van der Waals surface area (Å²) >= 11 is 7.59. The first-order valence-electron chi connectivity index (χ1n) is 11.3. The second-order valence-corrected chi connectivity index (χ2v) is 12.0. The van der Waals surface area contributed by atoms with Crippen LogP contribution < -0.4 is 10.6 Å². The molecule has 0 spiro atoms.